The van der Waals surface area contributed by atoms with Gasteiger partial charge in [-0.2, -0.15) is 0 Å². The number of carbonyl (C=O) groups is 3. The number of hydrogen-bond donors (Lipinski definition) is 0. The third kappa shape index (κ3) is 6.31. The van der Waals surface area contributed by atoms with Crippen LogP contribution in [0, 0.1) is 0 Å². The van der Waals surface area contributed by atoms with Crippen LogP contribution in [0.15, 0.2) is 36.9 Å². The molecule has 0 saturated carbocycles. The van der Waals surface area contributed by atoms with Crippen molar-refractivity contribution in [1.29, 1.82) is 0 Å². The minimum atomic E-state index is -0.709. The molecule has 0 aromatic heterocycles. The average Bonchev–Trinajstić information content (AvgIpc) is 2.58. The fraction of sp³-hybridized carbons (Fsp3) is 0.312. The molecule has 0 bridgehead atoms. The van der Waals surface area contributed by atoms with Crippen molar-refractivity contribution in [2.45, 2.75) is 0 Å². The van der Waals surface area contributed by atoms with Crippen LogP contribution >= 0.6 is 0 Å². The zero-order valence-electron chi connectivity index (χ0n) is 12.8. The second-order valence-corrected chi connectivity index (χ2v) is 4.18. The van der Waals surface area contributed by atoms with Gasteiger partial charge in [-0.05, 0) is 12.1 Å². The van der Waals surface area contributed by atoms with Crippen molar-refractivity contribution in [3.8, 4) is 0 Å². The summed E-state index contributed by atoms with van der Waals surface area (Å²) in [4.78, 5) is 34.8. The highest BCUT2D eigenvalue weighted by Crippen LogP contribution is 2.12. The Kier molecular flexibility index (Phi) is 8.09. The number of esters is 3. The average molecular weight is 322 g/mol. The molecular formula is C16H18O7. The van der Waals surface area contributed by atoms with E-state index < -0.39 is 17.9 Å². The van der Waals surface area contributed by atoms with Crippen LogP contribution in [0.25, 0.3) is 0 Å². The highest BCUT2D eigenvalue weighted by atomic mass is 16.6. The highest BCUT2D eigenvalue weighted by molar-refractivity contribution is 6.03. The number of hydrogen-bond acceptors (Lipinski definition) is 7. The lowest BCUT2D eigenvalue weighted by atomic mass is 10.1. The molecule has 1 rings (SSSR count). The maximum absolute atomic E-state index is 12.0. The van der Waals surface area contributed by atoms with E-state index in [2.05, 4.69) is 11.3 Å². The van der Waals surface area contributed by atoms with Crippen molar-refractivity contribution in [3.63, 3.8) is 0 Å². The van der Waals surface area contributed by atoms with Gasteiger partial charge in [-0.3, -0.25) is 0 Å². The van der Waals surface area contributed by atoms with Crippen molar-refractivity contribution < 1.29 is 33.3 Å². The van der Waals surface area contributed by atoms with Gasteiger partial charge >= 0.3 is 17.9 Å². The second-order valence-electron chi connectivity index (χ2n) is 4.18. The van der Waals surface area contributed by atoms with E-state index in [0.29, 0.717) is 0 Å². The largest absolute Gasteiger partial charge is 0.460 e. The molecule has 0 aliphatic rings. The SMILES string of the molecule is C=CC(=O)OCCOC(=O)c1ccccc1C(=O)OCCOC. The maximum Gasteiger partial charge on any atom is 0.339 e. The molecule has 23 heavy (non-hydrogen) atoms. The van der Waals surface area contributed by atoms with E-state index in [1.807, 2.05) is 0 Å². The van der Waals surface area contributed by atoms with Gasteiger partial charge in [0.15, 0.2) is 0 Å². The summed E-state index contributed by atoms with van der Waals surface area (Å²) in [6.07, 6.45) is 1.01. The van der Waals surface area contributed by atoms with Crippen LogP contribution in [0.3, 0.4) is 0 Å². The summed E-state index contributed by atoms with van der Waals surface area (Å²) in [5.74, 6) is -1.96. The molecule has 0 saturated heterocycles. The van der Waals surface area contributed by atoms with E-state index in [4.69, 9.17) is 14.2 Å². The van der Waals surface area contributed by atoms with E-state index in [1.165, 1.54) is 19.2 Å². The Hall–Kier alpha value is -2.67. The standard InChI is InChI=1S/C16H18O7/c1-3-14(17)21-10-11-23-16(19)13-7-5-4-6-12(13)15(18)22-9-8-20-2/h3-7H,1,8-11H2,2H3. The summed E-state index contributed by atoms with van der Waals surface area (Å²) in [5, 5.41) is 0. The van der Waals surface area contributed by atoms with Gasteiger partial charge in [0.25, 0.3) is 0 Å². The minimum absolute atomic E-state index is 0.0740. The minimum Gasteiger partial charge on any atom is -0.460 e. The van der Waals surface area contributed by atoms with Crippen molar-refractivity contribution >= 4 is 17.9 Å². The van der Waals surface area contributed by atoms with E-state index >= 15 is 0 Å². The van der Waals surface area contributed by atoms with Gasteiger partial charge in [-0.1, -0.05) is 18.7 Å². The van der Waals surface area contributed by atoms with Crippen molar-refractivity contribution in [1.82, 2.24) is 0 Å². The van der Waals surface area contributed by atoms with Gasteiger partial charge in [-0.15, -0.1) is 0 Å². The Balaban J connectivity index is 2.61. The monoisotopic (exact) mass is 322 g/mol. The summed E-state index contributed by atoms with van der Waals surface area (Å²) in [6, 6.07) is 6.12. The third-order valence-electron chi connectivity index (χ3n) is 2.61. The highest BCUT2D eigenvalue weighted by Gasteiger charge is 2.18. The predicted octanol–water partition coefficient (Wildman–Crippen LogP) is 1.38. The first-order valence-electron chi connectivity index (χ1n) is 6.81. The molecule has 7 heteroatoms. The first-order chi connectivity index (χ1) is 11.1. The Morgan fingerprint density at radius 1 is 0.913 bits per heavy atom. The van der Waals surface area contributed by atoms with E-state index in [9.17, 15) is 14.4 Å². The van der Waals surface area contributed by atoms with Crippen LogP contribution in [0.1, 0.15) is 20.7 Å². The molecule has 7 nitrogen and oxygen atoms in total. The molecule has 0 amide bonds. The lowest BCUT2D eigenvalue weighted by molar-refractivity contribution is -0.138. The van der Waals surface area contributed by atoms with Crippen LogP contribution < -0.4 is 0 Å². The first-order valence-corrected chi connectivity index (χ1v) is 6.81. The molecule has 124 valence electrons. The Morgan fingerprint density at radius 3 is 1.87 bits per heavy atom. The summed E-state index contributed by atoms with van der Waals surface area (Å²) in [7, 11) is 1.48. The van der Waals surface area contributed by atoms with E-state index in [1.54, 1.807) is 12.1 Å². The zero-order valence-corrected chi connectivity index (χ0v) is 12.8. The second kappa shape index (κ2) is 10.1. The fourth-order valence-electron chi connectivity index (χ4n) is 1.55. The van der Waals surface area contributed by atoms with Gasteiger partial charge in [0.1, 0.15) is 19.8 Å². The fourth-order valence-corrected chi connectivity index (χ4v) is 1.55. The smallest absolute Gasteiger partial charge is 0.339 e. The Labute approximate surface area is 133 Å². The maximum atomic E-state index is 12.0. The van der Waals surface area contributed by atoms with Crippen LogP contribution in [0.4, 0.5) is 0 Å². The summed E-state index contributed by atoms with van der Waals surface area (Å²) in [6.45, 7) is 3.34. The van der Waals surface area contributed by atoms with Gasteiger partial charge in [-0.25, -0.2) is 14.4 Å². The van der Waals surface area contributed by atoms with Crippen molar-refractivity contribution in [2.75, 3.05) is 33.5 Å². The van der Waals surface area contributed by atoms with Crippen molar-refractivity contribution in [2.24, 2.45) is 0 Å². The van der Waals surface area contributed by atoms with E-state index in [0.717, 1.165) is 6.08 Å². The molecule has 0 radical (unpaired) electrons. The lowest BCUT2D eigenvalue weighted by Crippen LogP contribution is -2.17. The summed E-state index contributed by atoms with van der Waals surface area (Å²) in [5.41, 5.74) is 0.168. The van der Waals surface area contributed by atoms with Crippen LogP contribution in [-0.2, 0) is 23.7 Å². The van der Waals surface area contributed by atoms with Gasteiger partial charge < -0.3 is 18.9 Å². The van der Waals surface area contributed by atoms with E-state index in [-0.39, 0.29) is 37.6 Å². The molecule has 1 aromatic carbocycles. The van der Waals surface area contributed by atoms with Crippen molar-refractivity contribution in [3.05, 3.63) is 48.0 Å². The molecule has 0 N–H and O–H groups in total. The third-order valence-corrected chi connectivity index (χ3v) is 2.61. The van der Waals surface area contributed by atoms with Gasteiger partial charge in [0.05, 0.1) is 17.7 Å². The normalized spacial score (nSPS) is 9.78. The lowest BCUT2D eigenvalue weighted by Gasteiger charge is -2.09. The molecule has 0 aliphatic carbocycles. The molecule has 0 aliphatic heterocycles. The predicted molar refractivity (Wildman–Crippen MR) is 80.0 cm³/mol. The van der Waals surface area contributed by atoms with Crippen LogP contribution in [0.2, 0.25) is 0 Å². The van der Waals surface area contributed by atoms with Crippen LogP contribution in [-0.4, -0.2) is 51.4 Å². The molecule has 1 aromatic rings. The number of rotatable bonds is 9. The first kappa shape index (κ1) is 18.4. The molecule has 0 unspecified atom stereocenters. The molecule has 0 spiro atoms. The molecule has 0 atom stereocenters. The summed E-state index contributed by atoms with van der Waals surface area (Å²) >= 11 is 0. The molecular weight excluding hydrogens is 304 g/mol. The topological polar surface area (TPSA) is 88.1 Å². The zero-order chi connectivity index (χ0) is 17.1. The molecule has 0 heterocycles. The number of ether oxygens (including phenoxy) is 4. The van der Waals surface area contributed by atoms with Gasteiger partial charge in [0, 0.05) is 13.2 Å². The van der Waals surface area contributed by atoms with Gasteiger partial charge in [0.2, 0.25) is 0 Å². The number of methoxy groups -OCH3 is 1. The van der Waals surface area contributed by atoms with Crippen LogP contribution in [0.5, 0.6) is 0 Å². The number of carbonyl (C=O) groups excluding carboxylic acids is 3. The Bertz CT molecular complexity index is 565. The Morgan fingerprint density at radius 2 is 1.39 bits per heavy atom. The quantitative estimate of drug-likeness (QED) is 0.294. The summed E-state index contributed by atoms with van der Waals surface area (Å²) < 4.78 is 19.4. The molecule has 0 fully saturated rings. The number of benzene rings is 1.